The lowest BCUT2D eigenvalue weighted by atomic mass is 9.81. The molecule has 1 saturated carbocycles. The van der Waals surface area contributed by atoms with Crippen LogP contribution >= 0.6 is 0 Å². The summed E-state index contributed by atoms with van der Waals surface area (Å²) >= 11 is 0. The van der Waals surface area contributed by atoms with E-state index < -0.39 is 0 Å². The van der Waals surface area contributed by atoms with Crippen molar-refractivity contribution in [1.29, 1.82) is 0 Å². The number of anilines is 1. The fourth-order valence-corrected chi connectivity index (χ4v) is 3.19. The van der Waals surface area contributed by atoms with Gasteiger partial charge in [-0.15, -0.1) is 0 Å². The lowest BCUT2D eigenvalue weighted by molar-refractivity contribution is 0.248. The predicted octanol–water partition coefficient (Wildman–Crippen LogP) is 2.92. The van der Waals surface area contributed by atoms with Gasteiger partial charge < -0.3 is 5.32 Å². The fourth-order valence-electron chi connectivity index (χ4n) is 3.19. The molecule has 1 aliphatic carbocycles. The molecule has 3 nitrogen and oxygen atoms in total. The first-order chi connectivity index (χ1) is 8.32. The van der Waals surface area contributed by atoms with Crippen molar-refractivity contribution >= 4 is 11.7 Å². The highest BCUT2D eigenvalue weighted by Crippen LogP contribution is 2.39. The second-order valence-corrected chi connectivity index (χ2v) is 5.11. The van der Waals surface area contributed by atoms with Crippen molar-refractivity contribution in [1.82, 2.24) is 5.32 Å². The number of amides is 2. The summed E-state index contributed by atoms with van der Waals surface area (Å²) in [6.45, 7) is 0.806. The molecule has 0 radical (unpaired) electrons. The third-order valence-electron chi connectivity index (χ3n) is 4.04. The zero-order valence-corrected chi connectivity index (χ0v) is 9.98. The molecule has 17 heavy (non-hydrogen) atoms. The molecule has 90 valence electrons. The molecule has 0 bridgehead atoms. The van der Waals surface area contributed by atoms with Crippen LogP contribution in [0.1, 0.15) is 32.1 Å². The summed E-state index contributed by atoms with van der Waals surface area (Å²) in [5.41, 5.74) is 1.07. The molecule has 1 saturated heterocycles. The van der Waals surface area contributed by atoms with E-state index >= 15 is 0 Å². The van der Waals surface area contributed by atoms with Gasteiger partial charge in [0.05, 0.1) is 5.54 Å². The van der Waals surface area contributed by atoms with Crippen molar-refractivity contribution in [3.05, 3.63) is 30.3 Å². The number of nitrogens with zero attached hydrogens (tertiary/aromatic N) is 1. The van der Waals surface area contributed by atoms with Gasteiger partial charge in [0.25, 0.3) is 0 Å². The number of benzene rings is 1. The Labute approximate surface area is 102 Å². The minimum atomic E-state index is 0.0384. The zero-order valence-electron chi connectivity index (χ0n) is 9.98. The summed E-state index contributed by atoms with van der Waals surface area (Å²) < 4.78 is 0. The highest BCUT2D eigenvalue weighted by Gasteiger charge is 2.46. The minimum Gasteiger partial charge on any atom is -0.335 e. The summed E-state index contributed by atoms with van der Waals surface area (Å²) in [4.78, 5) is 14.1. The first-order valence-corrected chi connectivity index (χ1v) is 6.45. The van der Waals surface area contributed by atoms with Gasteiger partial charge in [0.1, 0.15) is 0 Å². The number of urea groups is 1. The maximum atomic E-state index is 12.1. The van der Waals surface area contributed by atoms with Crippen molar-refractivity contribution < 1.29 is 4.79 Å². The van der Waals surface area contributed by atoms with Crippen LogP contribution in [0.2, 0.25) is 0 Å². The standard InChI is InChI=1S/C14H18N2O/c17-13-15-11-14(9-5-2-6-10-14)16(13)12-7-3-1-4-8-12/h1,3-4,7-8H,2,5-6,9-11H2,(H,15,17). The number of carbonyl (C=O) groups excluding carboxylic acids is 1. The van der Waals surface area contributed by atoms with Gasteiger partial charge in [-0.2, -0.15) is 0 Å². The Morgan fingerprint density at radius 2 is 1.76 bits per heavy atom. The summed E-state index contributed by atoms with van der Waals surface area (Å²) in [5.74, 6) is 0. The monoisotopic (exact) mass is 230 g/mol. The first kappa shape index (κ1) is 10.6. The number of hydrogen-bond donors (Lipinski definition) is 1. The summed E-state index contributed by atoms with van der Waals surface area (Å²) in [6.07, 6.45) is 6.02. The molecule has 1 aliphatic heterocycles. The molecular formula is C14H18N2O. The Balaban J connectivity index is 1.97. The summed E-state index contributed by atoms with van der Waals surface area (Å²) in [6, 6.07) is 10.1. The first-order valence-electron chi connectivity index (χ1n) is 6.45. The average molecular weight is 230 g/mol. The number of hydrogen-bond acceptors (Lipinski definition) is 1. The van der Waals surface area contributed by atoms with Crippen LogP contribution in [-0.2, 0) is 0 Å². The quantitative estimate of drug-likeness (QED) is 0.790. The van der Waals surface area contributed by atoms with Crippen molar-refractivity contribution in [3.8, 4) is 0 Å². The van der Waals surface area contributed by atoms with Crippen molar-refractivity contribution in [2.45, 2.75) is 37.6 Å². The normalized spacial score (nSPS) is 22.8. The molecule has 1 spiro atoms. The van der Waals surface area contributed by atoms with Gasteiger partial charge in [0.2, 0.25) is 0 Å². The molecule has 0 unspecified atom stereocenters. The van der Waals surface area contributed by atoms with Gasteiger partial charge in [-0.25, -0.2) is 4.79 Å². The van der Waals surface area contributed by atoms with Crippen LogP contribution in [-0.4, -0.2) is 18.1 Å². The van der Waals surface area contributed by atoms with E-state index in [-0.39, 0.29) is 11.6 Å². The maximum absolute atomic E-state index is 12.1. The van der Waals surface area contributed by atoms with Gasteiger partial charge in [-0.05, 0) is 25.0 Å². The molecule has 2 fully saturated rings. The van der Waals surface area contributed by atoms with Crippen molar-refractivity contribution in [2.75, 3.05) is 11.4 Å². The van der Waals surface area contributed by atoms with Gasteiger partial charge >= 0.3 is 6.03 Å². The maximum Gasteiger partial charge on any atom is 0.322 e. The highest BCUT2D eigenvalue weighted by atomic mass is 16.2. The van der Waals surface area contributed by atoms with Crippen LogP contribution < -0.4 is 10.2 Å². The number of rotatable bonds is 1. The van der Waals surface area contributed by atoms with E-state index in [0.717, 1.165) is 25.1 Å². The van der Waals surface area contributed by atoms with E-state index in [9.17, 15) is 4.79 Å². The van der Waals surface area contributed by atoms with E-state index in [1.165, 1.54) is 19.3 Å². The molecule has 3 rings (SSSR count). The Bertz CT molecular complexity index is 409. The molecular weight excluding hydrogens is 212 g/mol. The predicted molar refractivity (Wildman–Crippen MR) is 68.1 cm³/mol. The molecule has 0 aromatic heterocycles. The SMILES string of the molecule is O=C1NCC2(CCCCC2)N1c1ccccc1. The third kappa shape index (κ3) is 1.70. The lowest BCUT2D eigenvalue weighted by Crippen LogP contribution is -2.48. The highest BCUT2D eigenvalue weighted by molar-refractivity contribution is 5.96. The molecule has 3 heteroatoms. The molecule has 1 N–H and O–H groups in total. The van der Waals surface area contributed by atoms with E-state index in [4.69, 9.17) is 0 Å². The van der Waals surface area contributed by atoms with Crippen LogP contribution in [0.5, 0.6) is 0 Å². The number of para-hydroxylation sites is 1. The molecule has 0 atom stereocenters. The second kappa shape index (κ2) is 4.06. The van der Waals surface area contributed by atoms with Gasteiger partial charge in [0.15, 0.2) is 0 Å². The Hall–Kier alpha value is -1.51. The van der Waals surface area contributed by atoms with Crippen LogP contribution in [0.15, 0.2) is 30.3 Å². The largest absolute Gasteiger partial charge is 0.335 e. The molecule has 1 aromatic carbocycles. The zero-order chi connectivity index (χ0) is 11.7. The van der Waals surface area contributed by atoms with E-state index in [1.807, 2.05) is 35.2 Å². The summed E-state index contributed by atoms with van der Waals surface area (Å²) in [5, 5.41) is 3.02. The van der Waals surface area contributed by atoms with Gasteiger partial charge in [-0.3, -0.25) is 4.90 Å². The second-order valence-electron chi connectivity index (χ2n) is 5.11. The Kier molecular flexibility index (Phi) is 2.54. The minimum absolute atomic E-state index is 0.0384. The third-order valence-corrected chi connectivity index (χ3v) is 4.04. The Morgan fingerprint density at radius 3 is 2.47 bits per heavy atom. The topological polar surface area (TPSA) is 32.3 Å². The van der Waals surface area contributed by atoms with Crippen LogP contribution in [0.3, 0.4) is 0 Å². The lowest BCUT2D eigenvalue weighted by Gasteiger charge is -2.40. The number of carbonyl (C=O) groups is 1. The fraction of sp³-hybridized carbons (Fsp3) is 0.500. The number of nitrogens with one attached hydrogen (secondary N) is 1. The van der Waals surface area contributed by atoms with Crippen LogP contribution in [0.4, 0.5) is 10.5 Å². The molecule has 2 amide bonds. The molecule has 1 heterocycles. The van der Waals surface area contributed by atoms with E-state index in [0.29, 0.717) is 0 Å². The van der Waals surface area contributed by atoms with Crippen molar-refractivity contribution in [2.24, 2.45) is 0 Å². The summed E-state index contributed by atoms with van der Waals surface area (Å²) in [7, 11) is 0. The van der Waals surface area contributed by atoms with Crippen molar-refractivity contribution in [3.63, 3.8) is 0 Å². The molecule has 2 aliphatic rings. The van der Waals surface area contributed by atoms with Crippen LogP contribution in [0.25, 0.3) is 0 Å². The van der Waals surface area contributed by atoms with Crippen LogP contribution in [0, 0.1) is 0 Å². The average Bonchev–Trinajstić information content (AvgIpc) is 2.68. The molecule has 1 aromatic rings. The van der Waals surface area contributed by atoms with Gasteiger partial charge in [-0.1, -0.05) is 37.5 Å². The van der Waals surface area contributed by atoms with E-state index in [1.54, 1.807) is 0 Å². The van der Waals surface area contributed by atoms with E-state index in [2.05, 4.69) is 5.32 Å². The Morgan fingerprint density at radius 1 is 1.06 bits per heavy atom. The smallest absolute Gasteiger partial charge is 0.322 e. The van der Waals surface area contributed by atoms with Gasteiger partial charge in [0, 0.05) is 12.2 Å².